The average molecular weight is 912 g/mol. The van der Waals surface area contributed by atoms with Gasteiger partial charge in [-0.25, -0.2) is 0 Å². The van der Waals surface area contributed by atoms with Crippen LogP contribution < -0.4 is 0 Å². The molecule has 0 amide bonds. The molecule has 1 aromatic heterocycles. The molecule has 2 heterocycles. The molecule has 2 spiro atoms. The summed E-state index contributed by atoms with van der Waals surface area (Å²) < 4.78 is 2.57. The van der Waals surface area contributed by atoms with Crippen molar-refractivity contribution >= 4 is 21.8 Å². The minimum Gasteiger partial charge on any atom is -0.309 e. The van der Waals surface area contributed by atoms with Crippen LogP contribution in [0.5, 0.6) is 0 Å². The average Bonchev–Trinajstić information content (AvgIpc) is 4.20. The summed E-state index contributed by atoms with van der Waals surface area (Å²) in [5, 5.41) is 2.57. The Labute approximate surface area is 419 Å². The van der Waals surface area contributed by atoms with Crippen molar-refractivity contribution in [1.82, 2.24) is 4.57 Å². The zero-order valence-corrected chi connectivity index (χ0v) is 40.0. The van der Waals surface area contributed by atoms with E-state index in [0.29, 0.717) is 0 Å². The second-order valence-electron chi connectivity index (χ2n) is 21.4. The standard InChI is InChI=1S/C71H45N/c1-69(2)62-29-15-16-30-67(62)72-66-36-33-42(43-31-34-52-50-21-7-13-27-60(50)70(63(52)39-43)56-23-9-3-17-46(56)47-18-4-10-24-57(47)70)37-54(66)55-38-45(41-65(69)68(55)72)44-32-35-53-51-22-8-14-28-61(51)71(64(53)40-44)58-25-11-5-19-48(58)49-20-6-12-26-59(49)71/h3-41H,1-2H3. The Morgan fingerprint density at radius 2 is 0.597 bits per heavy atom. The van der Waals surface area contributed by atoms with Crippen molar-refractivity contribution in [2.24, 2.45) is 0 Å². The molecular formula is C71H45N. The third-order valence-corrected chi connectivity index (χ3v) is 18.0. The number of hydrogen-bond donors (Lipinski definition) is 0. The van der Waals surface area contributed by atoms with Crippen molar-refractivity contribution in [3.63, 3.8) is 0 Å². The fourth-order valence-electron chi connectivity index (χ4n) is 15.1. The first-order chi connectivity index (χ1) is 35.5. The summed E-state index contributed by atoms with van der Waals surface area (Å²) >= 11 is 0. The molecule has 0 fully saturated rings. The van der Waals surface area contributed by atoms with Gasteiger partial charge in [-0.2, -0.15) is 0 Å². The number of fused-ring (bicyclic) bond motifs is 25. The lowest BCUT2D eigenvalue weighted by Crippen LogP contribution is -2.26. The maximum absolute atomic E-state index is 2.57. The topological polar surface area (TPSA) is 4.93 Å². The van der Waals surface area contributed by atoms with Gasteiger partial charge in [0.05, 0.1) is 27.6 Å². The molecule has 0 unspecified atom stereocenters. The highest BCUT2D eigenvalue weighted by molar-refractivity contribution is 6.14. The van der Waals surface area contributed by atoms with Gasteiger partial charge in [0.2, 0.25) is 0 Å². The second-order valence-corrected chi connectivity index (χ2v) is 21.4. The van der Waals surface area contributed by atoms with Crippen LogP contribution in [0.2, 0.25) is 0 Å². The fourth-order valence-corrected chi connectivity index (χ4v) is 15.1. The van der Waals surface area contributed by atoms with Crippen molar-refractivity contribution in [2.75, 3.05) is 0 Å². The van der Waals surface area contributed by atoms with Crippen LogP contribution in [0, 0.1) is 0 Å². The Morgan fingerprint density at radius 1 is 0.264 bits per heavy atom. The SMILES string of the molecule is CC1(C)c2ccccc2-n2c3ccc(-c4ccc5c(c4)C4(c6ccccc6-c6ccccc64)c4ccccc4-5)cc3c3cc(-c4ccc5c(c4)C4(c6ccccc6-c6ccccc64)c4ccccc4-5)cc1c32. The molecule has 11 aromatic carbocycles. The minimum atomic E-state index is -0.408. The highest BCUT2D eigenvalue weighted by Gasteiger charge is 2.53. The number of para-hydroxylation sites is 1. The lowest BCUT2D eigenvalue weighted by Gasteiger charge is -2.35. The van der Waals surface area contributed by atoms with Crippen molar-refractivity contribution < 1.29 is 0 Å². The van der Waals surface area contributed by atoms with E-state index in [4.69, 9.17) is 0 Å². The molecule has 0 saturated carbocycles. The second kappa shape index (κ2) is 13.3. The maximum Gasteiger partial charge on any atom is 0.0725 e. The molecule has 1 heteroatoms. The van der Waals surface area contributed by atoms with Gasteiger partial charge in [-0.05, 0) is 165 Å². The van der Waals surface area contributed by atoms with Crippen molar-refractivity contribution in [2.45, 2.75) is 30.1 Å². The molecule has 12 aromatic rings. The van der Waals surface area contributed by atoms with Gasteiger partial charge in [-0.15, -0.1) is 0 Å². The van der Waals surface area contributed by atoms with Gasteiger partial charge in [-0.3, -0.25) is 0 Å². The molecule has 72 heavy (non-hydrogen) atoms. The van der Waals surface area contributed by atoms with Crippen LogP contribution in [0.15, 0.2) is 237 Å². The van der Waals surface area contributed by atoms with Gasteiger partial charge in [-0.1, -0.05) is 208 Å². The molecule has 0 N–H and O–H groups in total. The zero-order chi connectivity index (χ0) is 47.2. The van der Waals surface area contributed by atoms with Gasteiger partial charge in [0.25, 0.3) is 0 Å². The third-order valence-electron chi connectivity index (χ3n) is 18.0. The Bertz CT molecular complexity index is 4310. The van der Waals surface area contributed by atoms with E-state index in [1.54, 1.807) is 0 Å². The normalized spacial score (nSPS) is 15.4. The number of rotatable bonds is 2. The van der Waals surface area contributed by atoms with Crippen LogP contribution in [-0.4, -0.2) is 4.57 Å². The van der Waals surface area contributed by atoms with Gasteiger partial charge in [0, 0.05) is 16.2 Å². The maximum atomic E-state index is 2.57. The van der Waals surface area contributed by atoms with E-state index >= 15 is 0 Å². The van der Waals surface area contributed by atoms with Crippen molar-refractivity contribution in [3.05, 3.63) is 292 Å². The van der Waals surface area contributed by atoms with E-state index < -0.39 is 10.8 Å². The number of benzene rings is 11. The van der Waals surface area contributed by atoms with Crippen LogP contribution in [0.1, 0.15) is 69.5 Å². The van der Waals surface area contributed by atoms with E-state index in [1.165, 1.54) is 150 Å². The zero-order valence-electron chi connectivity index (χ0n) is 40.0. The minimum absolute atomic E-state index is 0.243. The molecule has 5 aliphatic rings. The quantitative estimate of drug-likeness (QED) is 0.163. The van der Waals surface area contributed by atoms with E-state index in [1.807, 2.05) is 0 Å². The largest absolute Gasteiger partial charge is 0.309 e. The Hall–Kier alpha value is -8.78. The molecule has 17 rings (SSSR count). The first kappa shape index (κ1) is 39.0. The van der Waals surface area contributed by atoms with Crippen LogP contribution in [0.3, 0.4) is 0 Å². The van der Waals surface area contributed by atoms with Crippen LogP contribution in [0.25, 0.3) is 94.3 Å². The molecule has 0 saturated heterocycles. The number of nitrogens with zero attached hydrogens (tertiary/aromatic N) is 1. The molecule has 0 bridgehead atoms. The van der Waals surface area contributed by atoms with Gasteiger partial charge >= 0.3 is 0 Å². The van der Waals surface area contributed by atoms with E-state index in [9.17, 15) is 0 Å². The van der Waals surface area contributed by atoms with Crippen molar-refractivity contribution in [3.8, 4) is 72.4 Å². The summed E-state index contributed by atoms with van der Waals surface area (Å²) in [7, 11) is 0. The molecular weight excluding hydrogens is 867 g/mol. The fraction of sp³-hybridized carbons (Fsp3) is 0.0704. The Kier molecular flexibility index (Phi) is 7.22. The number of aromatic nitrogens is 1. The first-order valence-corrected chi connectivity index (χ1v) is 25.6. The van der Waals surface area contributed by atoms with Gasteiger partial charge in [0.1, 0.15) is 0 Å². The first-order valence-electron chi connectivity index (χ1n) is 25.6. The van der Waals surface area contributed by atoms with Gasteiger partial charge < -0.3 is 4.57 Å². The monoisotopic (exact) mass is 911 g/mol. The highest BCUT2D eigenvalue weighted by Crippen LogP contribution is 2.65. The highest BCUT2D eigenvalue weighted by atomic mass is 15.0. The van der Waals surface area contributed by atoms with E-state index in [0.717, 1.165) is 0 Å². The van der Waals surface area contributed by atoms with Crippen molar-refractivity contribution in [1.29, 1.82) is 0 Å². The predicted octanol–water partition coefficient (Wildman–Crippen LogP) is 17.4. The van der Waals surface area contributed by atoms with Crippen LogP contribution in [0.4, 0.5) is 0 Å². The summed E-state index contributed by atoms with van der Waals surface area (Å²) in [5.74, 6) is 0. The van der Waals surface area contributed by atoms with E-state index in [2.05, 4.69) is 255 Å². The summed E-state index contributed by atoms with van der Waals surface area (Å²) in [6, 6.07) is 90.8. The Balaban J connectivity index is 0.906. The summed E-state index contributed by atoms with van der Waals surface area (Å²) in [4.78, 5) is 0. The Morgan fingerprint density at radius 3 is 1.06 bits per heavy atom. The molecule has 0 radical (unpaired) electrons. The molecule has 334 valence electrons. The van der Waals surface area contributed by atoms with Crippen LogP contribution in [-0.2, 0) is 16.2 Å². The molecule has 4 aliphatic carbocycles. The lowest BCUT2D eigenvalue weighted by molar-refractivity contribution is 0.630. The molecule has 0 atom stereocenters. The van der Waals surface area contributed by atoms with Crippen LogP contribution >= 0.6 is 0 Å². The number of hydrogen-bond acceptors (Lipinski definition) is 0. The van der Waals surface area contributed by atoms with Gasteiger partial charge in [0.15, 0.2) is 0 Å². The smallest absolute Gasteiger partial charge is 0.0725 e. The summed E-state index contributed by atoms with van der Waals surface area (Å²) in [5.41, 5.74) is 32.0. The summed E-state index contributed by atoms with van der Waals surface area (Å²) in [6.45, 7) is 4.85. The predicted molar refractivity (Wildman–Crippen MR) is 296 cm³/mol. The summed E-state index contributed by atoms with van der Waals surface area (Å²) in [6.07, 6.45) is 0. The molecule has 1 aliphatic heterocycles. The van der Waals surface area contributed by atoms with E-state index in [-0.39, 0.29) is 5.41 Å². The lowest BCUT2D eigenvalue weighted by atomic mass is 9.70. The molecule has 1 nitrogen and oxygen atoms in total. The third kappa shape index (κ3) is 4.46.